The van der Waals surface area contributed by atoms with Crippen molar-refractivity contribution in [2.24, 2.45) is 5.73 Å². The van der Waals surface area contributed by atoms with Crippen molar-refractivity contribution < 1.29 is 19.1 Å². The maximum absolute atomic E-state index is 12.5. The van der Waals surface area contributed by atoms with Gasteiger partial charge in [0.1, 0.15) is 28.1 Å². The number of aromatic nitrogens is 3. The summed E-state index contributed by atoms with van der Waals surface area (Å²) >= 11 is 0. The molecule has 1 fully saturated rings. The molecule has 0 atom stereocenters. The number of primary amides is 1. The molecule has 1 aliphatic heterocycles. The summed E-state index contributed by atoms with van der Waals surface area (Å²) in [5, 5.41) is 4.80. The molecule has 0 radical (unpaired) electrons. The Labute approximate surface area is 221 Å². The van der Waals surface area contributed by atoms with Gasteiger partial charge in [0.2, 0.25) is 0 Å². The summed E-state index contributed by atoms with van der Waals surface area (Å²) in [4.78, 5) is 31.2. The topological polar surface area (TPSA) is 113 Å². The molecule has 1 saturated heterocycles. The third-order valence-corrected chi connectivity index (χ3v) is 6.47. The van der Waals surface area contributed by atoms with Crippen LogP contribution >= 0.6 is 0 Å². The van der Waals surface area contributed by atoms with Gasteiger partial charge >= 0.3 is 6.09 Å². The average molecular weight is 514 g/mol. The van der Waals surface area contributed by atoms with Crippen molar-refractivity contribution in [1.82, 2.24) is 19.7 Å². The molecule has 2 aromatic heterocycles. The Hall–Kier alpha value is -4.40. The van der Waals surface area contributed by atoms with E-state index >= 15 is 0 Å². The highest BCUT2D eigenvalue weighted by Crippen LogP contribution is 2.34. The fourth-order valence-electron chi connectivity index (χ4n) is 4.71. The van der Waals surface area contributed by atoms with E-state index in [1.807, 2.05) is 81.4 Å². The van der Waals surface area contributed by atoms with Crippen LogP contribution in [0.15, 0.2) is 66.9 Å². The normalized spacial score (nSPS) is 14.4. The fraction of sp³-hybridized carbons (Fsp3) is 0.310. The van der Waals surface area contributed by atoms with Gasteiger partial charge in [0, 0.05) is 19.3 Å². The molecule has 1 aliphatic rings. The lowest BCUT2D eigenvalue weighted by Crippen LogP contribution is -2.41. The summed E-state index contributed by atoms with van der Waals surface area (Å²) in [6.07, 6.45) is 2.90. The zero-order chi connectivity index (χ0) is 26.9. The number of carbonyl (C=O) groups is 2. The van der Waals surface area contributed by atoms with Crippen molar-refractivity contribution >= 4 is 23.0 Å². The Morgan fingerprint density at radius 3 is 2.21 bits per heavy atom. The van der Waals surface area contributed by atoms with Crippen LogP contribution in [0.25, 0.3) is 16.7 Å². The van der Waals surface area contributed by atoms with Gasteiger partial charge in [0.15, 0.2) is 5.69 Å². The Morgan fingerprint density at radius 1 is 0.921 bits per heavy atom. The number of rotatable bonds is 5. The van der Waals surface area contributed by atoms with Crippen LogP contribution in [0.2, 0.25) is 0 Å². The number of piperidine rings is 1. The monoisotopic (exact) mass is 513 g/mol. The molecular formula is C29H31N5O4. The maximum atomic E-state index is 12.5. The van der Waals surface area contributed by atoms with Crippen LogP contribution in [0.3, 0.4) is 0 Å². The minimum atomic E-state index is -0.610. The molecule has 3 heterocycles. The zero-order valence-electron chi connectivity index (χ0n) is 21.8. The van der Waals surface area contributed by atoms with E-state index in [2.05, 4.69) is 4.98 Å². The molecule has 9 heteroatoms. The largest absolute Gasteiger partial charge is 0.457 e. The summed E-state index contributed by atoms with van der Waals surface area (Å²) in [5.74, 6) is 0.939. The first-order valence-corrected chi connectivity index (χ1v) is 12.7. The highest BCUT2D eigenvalue weighted by molar-refractivity contribution is 6.03. The van der Waals surface area contributed by atoms with E-state index < -0.39 is 11.5 Å². The molecule has 0 bridgehead atoms. The Morgan fingerprint density at radius 2 is 1.58 bits per heavy atom. The summed E-state index contributed by atoms with van der Waals surface area (Å²) in [6, 6.07) is 18.7. The molecule has 0 unspecified atom stereocenters. The summed E-state index contributed by atoms with van der Waals surface area (Å²) in [5.41, 5.74) is 8.26. The predicted molar refractivity (Wildman–Crippen MR) is 144 cm³/mol. The van der Waals surface area contributed by atoms with Gasteiger partial charge in [0.25, 0.3) is 5.91 Å². The number of ether oxygens (including phenoxy) is 2. The zero-order valence-corrected chi connectivity index (χ0v) is 21.8. The second-order valence-corrected chi connectivity index (χ2v) is 10.4. The lowest BCUT2D eigenvalue weighted by molar-refractivity contribution is 0.0205. The van der Waals surface area contributed by atoms with Gasteiger partial charge < -0.3 is 20.1 Å². The smallest absolute Gasteiger partial charge is 0.410 e. The van der Waals surface area contributed by atoms with Crippen molar-refractivity contribution in [3.8, 4) is 17.2 Å². The number of amides is 2. The number of fused-ring (bicyclic) bond motifs is 1. The average Bonchev–Trinajstić information content (AvgIpc) is 3.29. The van der Waals surface area contributed by atoms with E-state index in [9.17, 15) is 9.59 Å². The third kappa shape index (κ3) is 5.32. The van der Waals surface area contributed by atoms with Crippen molar-refractivity contribution in [1.29, 1.82) is 0 Å². The number of benzene rings is 2. The van der Waals surface area contributed by atoms with E-state index in [0.29, 0.717) is 35.6 Å². The molecule has 5 rings (SSSR count). The van der Waals surface area contributed by atoms with Crippen LogP contribution in [0.4, 0.5) is 4.79 Å². The quantitative estimate of drug-likeness (QED) is 0.381. The first kappa shape index (κ1) is 25.3. The standard InChI is InChI=1S/C29H31N5O4/c1-29(2,3)38-28(36)33-17-14-19(15-18-33)23-13-16-31-25-24(23)32-34(26(25)27(30)35)20-9-11-22(12-10-20)37-21-7-5-4-6-8-21/h4-13,16,19H,14-15,17-18H2,1-3H3,(H2,30,35). The van der Waals surface area contributed by atoms with Crippen LogP contribution < -0.4 is 10.5 Å². The first-order valence-electron chi connectivity index (χ1n) is 12.7. The first-order chi connectivity index (χ1) is 18.2. The van der Waals surface area contributed by atoms with Crippen LogP contribution in [0.5, 0.6) is 11.5 Å². The molecule has 0 saturated carbocycles. The number of para-hydroxylation sites is 1. The number of nitrogens with zero attached hydrogens (tertiary/aromatic N) is 4. The molecule has 2 aromatic carbocycles. The predicted octanol–water partition coefficient (Wildman–Crippen LogP) is 5.43. The van der Waals surface area contributed by atoms with Crippen LogP contribution in [-0.4, -0.2) is 50.4 Å². The van der Waals surface area contributed by atoms with Gasteiger partial charge in [-0.25, -0.2) is 9.48 Å². The minimum absolute atomic E-state index is 0.157. The molecule has 0 spiro atoms. The van der Waals surface area contributed by atoms with Crippen LogP contribution in [0.1, 0.15) is 55.6 Å². The molecule has 4 aromatic rings. The number of likely N-dealkylation sites (tertiary alicyclic amines) is 1. The Kier molecular flexibility index (Phi) is 6.75. The number of hydrogen-bond acceptors (Lipinski definition) is 6. The second kappa shape index (κ2) is 10.2. The Balaban J connectivity index is 1.41. The lowest BCUT2D eigenvalue weighted by atomic mass is 9.89. The highest BCUT2D eigenvalue weighted by atomic mass is 16.6. The van der Waals surface area contributed by atoms with E-state index in [1.54, 1.807) is 15.8 Å². The van der Waals surface area contributed by atoms with Gasteiger partial charge in [0.05, 0.1) is 5.69 Å². The molecular weight excluding hydrogens is 482 g/mol. The summed E-state index contributed by atoms with van der Waals surface area (Å²) in [7, 11) is 0. The van der Waals surface area contributed by atoms with E-state index in [4.69, 9.17) is 20.3 Å². The fourth-order valence-corrected chi connectivity index (χ4v) is 4.71. The van der Waals surface area contributed by atoms with E-state index in [1.165, 1.54) is 0 Å². The number of pyridine rings is 1. The number of nitrogens with two attached hydrogens (primary N) is 1. The maximum Gasteiger partial charge on any atom is 0.410 e. The third-order valence-electron chi connectivity index (χ3n) is 6.47. The molecule has 2 amide bonds. The minimum Gasteiger partial charge on any atom is -0.457 e. The molecule has 2 N–H and O–H groups in total. The SMILES string of the molecule is CC(C)(C)OC(=O)N1CCC(c2ccnc3c(C(N)=O)n(-c4ccc(Oc5ccccc5)cc4)nc23)CC1. The van der Waals surface area contributed by atoms with Crippen LogP contribution in [-0.2, 0) is 4.74 Å². The van der Waals surface area contributed by atoms with Crippen molar-refractivity contribution in [3.63, 3.8) is 0 Å². The number of hydrogen-bond donors (Lipinski definition) is 1. The molecule has 196 valence electrons. The molecule has 38 heavy (non-hydrogen) atoms. The number of carbonyl (C=O) groups excluding carboxylic acids is 2. The Bertz CT molecular complexity index is 1450. The van der Waals surface area contributed by atoms with Gasteiger partial charge in [-0.1, -0.05) is 18.2 Å². The summed E-state index contributed by atoms with van der Waals surface area (Å²) < 4.78 is 13.0. The van der Waals surface area contributed by atoms with E-state index in [-0.39, 0.29) is 17.7 Å². The van der Waals surface area contributed by atoms with E-state index in [0.717, 1.165) is 24.2 Å². The lowest BCUT2D eigenvalue weighted by Gasteiger charge is -2.33. The molecule has 0 aliphatic carbocycles. The van der Waals surface area contributed by atoms with Gasteiger partial charge in [-0.2, -0.15) is 5.10 Å². The second-order valence-electron chi connectivity index (χ2n) is 10.4. The molecule has 9 nitrogen and oxygen atoms in total. The summed E-state index contributed by atoms with van der Waals surface area (Å²) in [6.45, 7) is 6.75. The van der Waals surface area contributed by atoms with Crippen molar-refractivity contribution in [3.05, 3.63) is 78.1 Å². The van der Waals surface area contributed by atoms with Crippen molar-refractivity contribution in [2.45, 2.75) is 45.1 Å². The van der Waals surface area contributed by atoms with Crippen LogP contribution in [0, 0.1) is 0 Å². The van der Waals surface area contributed by atoms with Crippen molar-refractivity contribution in [2.75, 3.05) is 13.1 Å². The van der Waals surface area contributed by atoms with Gasteiger partial charge in [-0.15, -0.1) is 0 Å². The van der Waals surface area contributed by atoms with Gasteiger partial charge in [-0.3, -0.25) is 9.78 Å². The van der Waals surface area contributed by atoms with Gasteiger partial charge in [-0.05, 0) is 87.6 Å². The highest BCUT2D eigenvalue weighted by Gasteiger charge is 2.30.